The van der Waals surface area contributed by atoms with E-state index in [1.807, 2.05) is 0 Å². The van der Waals surface area contributed by atoms with Crippen molar-refractivity contribution in [2.24, 2.45) is 0 Å². The van der Waals surface area contributed by atoms with Crippen molar-refractivity contribution in [1.29, 1.82) is 5.26 Å². The van der Waals surface area contributed by atoms with Crippen molar-refractivity contribution in [2.45, 2.75) is 18.9 Å². The highest BCUT2D eigenvalue weighted by molar-refractivity contribution is 6.33. The van der Waals surface area contributed by atoms with Gasteiger partial charge in [-0.25, -0.2) is 4.79 Å². The minimum atomic E-state index is -0.293. The lowest BCUT2D eigenvalue weighted by molar-refractivity contribution is 0.113. The van der Waals surface area contributed by atoms with E-state index < -0.39 is 0 Å². The molecule has 1 aromatic carbocycles. The highest BCUT2D eigenvalue weighted by Crippen LogP contribution is 2.28. The first-order chi connectivity index (χ1) is 9.65. The van der Waals surface area contributed by atoms with E-state index >= 15 is 0 Å². The molecule has 5 nitrogen and oxygen atoms in total. The third kappa shape index (κ3) is 3.14. The SMILES string of the molecule is COC(=O)N1CCC(Nc2c(Cl)cccc2C#N)CC1. The van der Waals surface area contributed by atoms with Gasteiger partial charge >= 0.3 is 6.09 Å². The van der Waals surface area contributed by atoms with E-state index in [0.717, 1.165) is 12.8 Å². The molecule has 0 spiro atoms. The van der Waals surface area contributed by atoms with Gasteiger partial charge in [-0.1, -0.05) is 17.7 Å². The van der Waals surface area contributed by atoms with Crippen LogP contribution >= 0.6 is 11.6 Å². The third-order valence-corrected chi connectivity index (χ3v) is 3.73. The number of nitrogens with zero attached hydrogens (tertiary/aromatic N) is 2. The van der Waals surface area contributed by atoms with Crippen LogP contribution in [0, 0.1) is 11.3 Å². The minimum Gasteiger partial charge on any atom is -0.453 e. The average molecular weight is 294 g/mol. The monoisotopic (exact) mass is 293 g/mol. The second-order valence-corrected chi connectivity index (χ2v) is 5.06. The number of likely N-dealkylation sites (tertiary alicyclic amines) is 1. The molecule has 1 aliphatic rings. The number of nitrogens with one attached hydrogen (secondary N) is 1. The summed E-state index contributed by atoms with van der Waals surface area (Å²) in [6, 6.07) is 7.58. The van der Waals surface area contributed by atoms with Crippen LogP contribution in [0.25, 0.3) is 0 Å². The Morgan fingerprint density at radius 1 is 1.50 bits per heavy atom. The lowest BCUT2D eigenvalue weighted by atomic mass is 10.0. The molecule has 0 bridgehead atoms. The molecule has 20 heavy (non-hydrogen) atoms. The van der Waals surface area contributed by atoms with Crippen LogP contribution in [0.5, 0.6) is 0 Å². The summed E-state index contributed by atoms with van der Waals surface area (Å²) in [6.45, 7) is 1.27. The van der Waals surface area contributed by atoms with Gasteiger partial charge in [0.05, 0.1) is 23.4 Å². The second kappa shape index (κ2) is 6.49. The highest BCUT2D eigenvalue weighted by Gasteiger charge is 2.24. The largest absolute Gasteiger partial charge is 0.453 e. The Hall–Kier alpha value is -1.93. The maximum Gasteiger partial charge on any atom is 0.409 e. The molecule has 0 radical (unpaired) electrons. The number of ether oxygens (including phenoxy) is 1. The van der Waals surface area contributed by atoms with Crippen molar-refractivity contribution >= 4 is 23.4 Å². The fourth-order valence-corrected chi connectivity index (χ4v) is 2.53. The topological polar surface area (TPSA) is 65.4 Å². The van der Waals surface area contributed by atoms with Gasteiger partial charge in [0.1, 0.15) is 6.07 Å². The number of para-hydroxylation sites is 1. The molecule has 1 saturated heterocycles. The van der Waals surface area contributed by atoms with Gasteiger partial charge in [-0.05, 0) is 25.0 Å². The molecule has 0 aliphatic carbocycles. The van der Waals surface area contributed by atoms with E-state index in [-0.39, 0.29) is 12.1 Å². The maximum atomic E-state index is 11.4. The van der Waals surface area contributed by atoms with E-state index in [1.165, 1.54) is 7.11 Å². The maximum absolute atomic E-state index is 11.4. The molecule has 1 amide bonds. The van der Waals surface area contributed by atoms with Gasteiger partial charge in [0, 0.05) is 19.1 Å². The Bertz CT molecular complexity index is 534. The van der Waals surface area contributed by atoms with Crippen LogP contribution in [0.2, 0.25) is 5.02 Å². The van der Waals surface area contributed by atoms with Gasteiger partial charge in [0.2, 0.25) is 0 Å². The zero-order valence-corrected chi connectivity index (χ0v) is 12.0. The molecular weight excluding hydrogens is 278 g/mol. The minimum absolute atomic E-state index is 0.197. The number of rotatable bonds is 2. The van der Waals surface area contributed by atoms with Gasteiger partial charge in [-0.3, -0.25) is 0 Å². The van der Waals surface area contributed by atoms with E-state index in [2.05, 4.69) is 11.4 Å². The summed E-state index contributed by atoms with van der Waals surface area (Å²) in [7, 11) is 1.38. The fourth-order valence-electron chi connectivity index (χ4n) is 2.30. The number of halogens is 1. The smallest absolute Gasteiger partial charge is 0.409 e. The molecule has 106 valence electrons. The predicted octanol–water partition coefficient (Wildman–Crippen LogP) is 2.85. The Balaban J connectivity index is 2.00. The lowest BCUT2D eigenvalue weighted by Gasteiger charge is -2.32. The van der Waals surface area contributed by atoms with Crippen LogP contribution in [0.4, 0.5) is 10.5 Å². The number of nitriles is 1. The number of anilines is 1. The number of hydrogen-bond donors (Lipinski definition) is 1. The van der Waals surface area contributed by atoms with E-state index in [4.69, 9.17) is 21.6 Å². The van der Waals surface area contributed by atoms with Crippen molar-refractivity contribution < 1.29 is 9.53 Å². The van der Waals surface area contributed by atoms with Gasteiger partial charge < -0.3 is 15.0 Å². The molecular formula is C14H16ClN3O2. The van der Waals surface area contributed by atoms with E-state index in [0.29, 0.717) is 29.4 Å². The Morgan fingerprint density at radius 3 is 2.80 bits per heavy atom. The summed E-state index contributed by atoms with van der Waals surface area (Å²) in [6.07, 6.45) is 1.30. The number of piperidine rings is 1. The van der Waals surface area contributed by atoms with Crippen LogP contribution in [-0.4, -0.2) is 37.2 Å². The number of amides is 1. The standard InChI is InChI=1S/C14H16ClN3O2/c1-20-14(19)18-7-5-11(6-8-18)17-13-10(9-16)3-2-4-12(13)15/h2-4,11,17H,5-8H2,1H3. The molecule has 1 fully saturated rings. The fraction of sp³-hybridized carbons (Fsp3) is 0.429. The van der Waals surface area contributed by atoms with Crippen molar-refractivity contribution in [1.82, 2.24) is 4.90 Å². The molecule has 2 rings (SSSR count). The molecule has 6 heteroatoms. The van der Waals surface area contributed by atoms with E-state index in [9.17, 15) is 4.79 Å². The van der Waals surface area contributed by atoms with Gasteiger partial charge in [-0.15, -0.1) is 0 Å². The Labute approximate surface area is 123 Å². The lowest BCUT2D eigenvalue weighted by Crippen LogP contribution is -2.42. The summed E-state index contributed by atoms with van der Waals surface area (Å²) in [5.41, 5.74) is 1.21. The summed E-state index contributed by atoms with van der Waals surface area (Å²) in [5, 5.41) is 13.0. The third-order valence-electron chi connectivity index (χ3n) is 3.41. The van der Waals surface area contributed by atoms with Crippen LogP contribution in [0.15, 0.2) is 18.2 Å². The van der Waals surface area contributed by atoms with Crippen molar-refractivity contribution in [2.75, 3.05) is 25.5 Å². The first-order valence-electron chi connectivity index (χ1n) is 6.43. The normalized spacial score (nSPS) is 15.6. The summed E-state index contributed by atoms with van der Waals surface area (Å²) >= 11 is 6.13. The zero-order valence-electron chi connectivity index (χ0n) is 11.2. The molecule has 0 atom stereocenters. The Kier molecular flexibility index (Phi) is 4.70. The van der Waals surface area contributed by atoms with E-state index in [1.54, 1.807) is 23.1 Å². The Morgan fingerprint density at radius 2 is 2.20 bits per heavy atom. The number of carbonyl (C=O) groups is 1. The average Bonchev–Trinajstić information content (AvgIpc) is 2.49. The molecule has 1 aliphatic heterocycles. The molecule has 0 unspecified atom stereocenters. The zero-order chi connectivity index (χ0) is 14.5. The number of carbonyl (C=O) groups excluding carboxylic acids is 1. The van der Waals surface area contributed by atoms with Gasteiger partial charge in [0.15, 0.2) is 0 Å². The first kappa shape index (κ1) is 14.5. The van der Waals surface area contributed by atoms with Crippen molar-refractivity contribution in [3.05, 3.63) is 28.8 Å². The molecule has 0 aromatic heterocycles. The summed E-state index contributed by atoms with van der Waals surface area (Å²) in [4.78, 5) is 13.1. The first-order valence-corrected chi connectivity index (χ1v) is 6.81. The summed E-state index contributed by atoms with van der Waals surface area (Å²) < 4.78 is 4.70. The van der Waals surface area contributed by atoms with Gasteiger partial charge in [0.25, 0.3) is 0 Å². The van der Waals surface area contributed by atoms with Crippen LogP contribution in [-0.2, 0) is 4.74 Å². The van der Waals surface area contributed by atoms with Crippen LogP contribution in [0.1, 0.15) is 18.4 Å². The number of benzene rings is 1. The van der Waals surface area contributed by atoms with Crippen molar-refractivity contribution in [3.63, 3.8) is 0 Å². The van der Waals surface area contributed by atoms with Crippen LogP contribution in [0.3, 0.4) is 0 Å². The predicted molar refractivity (Wildman–Crippen MR) is 76.8 cm³/mol. The summed E-state index contributed by atoms with van der Waals surface area (Å²) in [5.74, 6) is 0. The molecule has 1 heterocycles. The molecule has 1 N–H and O–H groups in total. The molecule has 1 aromatic rings. The van der Waals surface area contributed by atoms with Crippen molar-refractivity contribution in [3.8, 4) is 6.07 Å². The second-order valence-electron chi connectivity index (χ2n) is 4.65. The number of methoxy groups -OCH3 is 1. The molecule has 0 saturated carbocycles. The highest BCUT2D eigenvalue weighted by atomic mass is 35.5. The van der Waals surface area contributed by atoms with Crippen LogP contribution < -0.4 is 5.32 Å². The quantitative estimate of drug-likeness (QED) is 0.910. The van der Waals surface area contributed by atoms with Gasteiger partial charge in [-0.2, -0.15) is 5.26 Å². The number of hydrogen-bond acceptors (Lipinski definition) is 4.